The van der Waals surface area contributed by atoms with Gasteiger partial charge in [0, 0.05) is 19.7 Å². The van der Waals surface area contributed by atoms with Gasteiger partial charge in [0.25, 0.3) is 5.91 Å². The number of rotatable bonds is 6. The van der Waals surface area contributed by atoms with Crippen molar-refractivity contribution >= 4 is 15.9 Å². The molecule has 0 heterocycles. The molecular formula is C23H24N2O3S. The SMILES string of the molecule is CC(NC(=O)c1cccc(S(=O)(=O)N(C)C)c1)c1ccc(-c2ccccc2)cc1. The van der Waals surface area contributed by atoms with Gasteiger partial charge in [0.15, 0.2) is 0 Å². The normalized spacial score (nSPS) is 12.6. The summed E-state index contributed by atoms with van der Waals surface area (Å²) in [7, 11) is -0.668. The van der Waals surface area contributed by atoms with Crippen LogP contribution in [0.15, 0.2) is 83.8 Å². The average molecular weight is 409 g/mol. The summed E-state index contributed by atoms with van der Waals surface area (Å²) in [4.78, 5) is 12.7. The fraction of sp³-hybridized carbons (Fsp3) is 0.174. The van der Waals surface area contributed by atoms with Gasteiger partial charge in [-0.2, -0.15) is 0 Å². The van der Waals surface area contributed by atoms with Crippen molar-refractivity contribution in [2.75, 3.05) is 14.1 Å². The topological polar surface area (TPSA) is 66.5 Å². The number of sulfonamides is 1. The maximum absolute atomic E-state index is 12.6. The van der Waals surface area contributed by atoms with Crippen molar-refractivity contribution in [1.82, 2.24) is 9.62 Å². The van der Waals surface area contributed by atoms with Gasteiger partial charge in [0.05, 0.1) is 10.9 Å². The lowest BCUT2D eigenvalue weighted by molar-refractivity contribution is 0.0939. The lowest BCUT2D eigenvalue weighted by Gasteiger charge is -2.16. The summed E-state index contributed by atoms with van der Waals surface area (Å²) in [6.45, 7) is 1.90. The van der Waals surface area contributed by atoms with Crippen LogP contribution in [-0.4, -0.2) is 32.7 Å². The summed E-state index contributed by atoms with van der Waals surface area (Å²) < 4.78 is 25.7. The van der Waals surface area contributed by atoms with E-state index in [-0.39, 0.29) is 16.8 Å². The Morgan fingerprint density at radius 2 is 1.48 bits per heavy atom. The van der Waals surface area contributed by atoms with E-state index in [4.69, 9.17) is 0 Å². The van der Waals surface area contributed by atoms with Gasteiger partial charge in [0.1, 0.15) is 0 Å². The molecule has 5 nitrogen and oxygen atoms in total. The van der Waals surface area contributed by atoms with Gasteiger partial charge >= 0.3 is 0 Å². The Bertz CT molecular complexity index is 1090. The van der Waals surface area contributed by atoms with Crippen LogP contribution in [0.2, 0.25) is 0 Å². The van der Waals surface area contributed by atoms with Crippen molar-refractivity contribution in [3.8, 4) is 11.1 Å². The second-order valence-electron chi connectivity index (χ2n) is 7.00. The van der Waals surface area contributed by atoms with Crippen LogP contribution in [0.1, 0.15) is 28.9 Å². The Kier molecular flexibility index (Phi) is 6.15. The summed E-state index contributed by atoms with van der Waals surface area (Å²) in [5, 5.41) is 2.93. The summed E-state index contributed by atoms with van der Waals surface area (Å²) in [6.07, 6.45) is 0. The average Bonchev–Trinajstić information content (AvgIpc) is 2.74. The Labute approximate surface area is 172 Å². The van der Waals surface area contributed by atoms with Gasteiger partial charge < -0.3 is 5.32 Å². The highest BCUT2D eigenvalue weighted by atomic mass is 32.2. The molecule has 3 aromatic carbocycles. The van der Waals surface area contributed by atoms with Gasteiger partial charge in [0.2, 0.25) is 10.0 Å². The smallest absolute Gasteiger partial charge is 0.251 e. The second-order valence-corrected chi connectivity index (χ2v) is 9.15. The number of carbonyl (C=O) groups excluding carboxylic acids is 1. The minimum absolute atomic E-state index is 0.0926. The van der Waals surface area contributed by atoms with Gasteiger partial charge in [-0.25, -0.2) is 12.7 Å². The lowest BCUT2D eigenvalue weighted by atomic mass is 10.0. The van der Waals surface area contributed by atoms with Crippen LogP contribution in [0, 0.1) is 0 Å². The monoisotopic (exact) mass is 408 g/mol. The zero-order valence-electron chi connectivity index (χ0n) is 16.7. The Morgan fingerprint density at radius 3 is 2.10 bits per heavy atom. The molecule has 0 saturated heterocycles. The molecule has 0 bridgehead atoms. The number of hydrogen-bond donors (Lipinski definition) is 1. The highest BCUT2D eigenvalue weighted by Gasteiger charge is 2.19. The number of benzene rings is 3. The zero-order chi connectivity index (χ0) is 21.0. The molecule has 3 rings (SSSR count). The van der Waals surface area contributed by atoms with Crippen molar-refractivity contribution < 1.29 is 13.2 Å². The van der Waals surface area contributed by atoms with Crippen LogP contribution >= 0.6 is 0 Å². The molecule has 1 unspecified atom stereocenters. The van der Waals surface area contributed by atoms with Crippen molar-refractivity contribution in [3.05, 3.63) is 90.0 Å². The third-order valence-corrected chi connectivity index (χ3v) is 6.55. The molecular weight excluding hydrogens is 384 g/mol. The Hall–Kier alpha value is -2.96. The van der Waals surface area contributed by atoms with Gasteiger partial charge in [-0.1, -0.05) is 60.7 Å². The van der Waals surface area contributed by atoms with E-state index in [2.05, 4.69) is 17.4 Å². The Morgan fingerprint density at radius 1 is 0.862 bits per heavy atom. The minimum Gasteiger partial charge on any atom is -0.346 e. The van der Waals surface area contributed by atoms with E-state index in [1.807, 2.05) is 49.4 Å². The highest BCUT2D eigenvalue weighted by Crippen LogP contribution is 2.22. The molecule has 0 aliphatic rings. The van der Waals surface area contributed by atoms with E-state index >= 15 is 0 Å². The predicted octanol–water partition coefficient (Wildman–Crippen LogP) is 4.09. The zero-order valence-corrected chi connectivity index (χ0v) is 17.5. The van der Waals surface area contributed by atoms with Gasteiger partial charge in [-0.3, -0.25) is 4.79 Å². The Balaban J connectivity index is 1.74. The fourth-order valence-electron chi connectivity index (χ4n) is 2.97. The highest BCUT2D eigenvalue weighted by molar-refractivity contribution is 7.89. The van der Waals surface area contributed by atoms with Crippen LogP contribution in [-0.2, 0) is 10.0 Å². The van der Waals surface area contributed by atoms with Crippen molar-refractivity contribution in [2.45, 2.75) is 17.9 Å². The van der Waals surface area contributed by atoms with E-state index in [1.165, 1.54) is 26.2 Å². The summed E-state index contributed by atoms with van der Waals surface area (Å²) in [5.41, 5.74) is 3.51. The van der Waals surface area contributed by atoms with Crippen molar-refractivity contribution in [2.24, 2.45) is 0 Å². The summed E-state index contributed by atoms with van der Waals surface area (Å²) in [5.74, 6) is -0.319. The van der Waals surface area contributed by atoms with Crippen LogP contribution in [0.25, 0.3) is 11.1 Å². The van der Waals surface area contributed by atoms with Gasteiger partial charge in [-0.15, -0.1) is 0 Å². The first kappa shape index (κ1) is 20.8. The molecule has 0 radical (unpaired) electrons. The predicted molar refractivity (Wildman–Crippen MR) is 115 cm³/mol. The van der Waals surface area contributed by atoms with Crippen molar-refractivity contribution in [3.63, 3.8) is 0 Å². The van der Waals surface area contributed by atoms with Gasteiger partial charge in [-0.05, 0) is 41.8 Å². The number of nitrogens with zero attached hydrogens (tertiary/aromatic N) is 1. The minimum atomic E-state index is -3.59. The van der Waals surface area contributed by atoms with E-state index in [0.717, 1.165) is 21.0 Å². The van der Waals surface area contributed by atoms with Crippen LogP contribution in [0.3, 0.4) is 0 Å². The third-order valence-electron chi connectivity index (χ3n) is 4.74. The molecule has 0 aliphatic carbocycles. The largest absolute Gasteiger partial charge is 0.346 e. The molecule has 1 N–H and O–H groups in total. The molecule has 1 amide bonds. The standard InChI is InChI=1S/C23H24N2O3S/c1-17(18-12-14-20(15-13-18)19-8-5-4-6-9-19)24-23(26)21-10-7-11-22(16-21)29(27,28)25(2)3/h4-17H,1-3H3,(H,24,26). The maximum Gasteiger partial charge on any atom is 0.251 e. The van der Waals surface area contributed by atoms with Crippen LogP contribution < -0.4 is 5.32 Å². The molecule has 6 heteroatoms. The number of amides is 1. The molecule has 0 fully saturated rings. The third kappa shape index (κ3) is 4.72. The van der Waals surface area contributed by atoms with Crippen LogP contribution in [0.5, 0.6) is 0 Å². The molecule has 0 aliphatic heterocycles. The quantitative estimate of drug-likeness (QED) is 0.668. The molecule has 0 saturated carbocycles. The lowest BCUT2D eigenvalue weighted by Crippen LogP contribution is -2.27. The van der Waals surface area contributed by atoms with E-state index in [0.29, 0.717) is 5.56 Å². The van der Waals surface area contributed by atoms with E-state index < -0.39 is 10.0 Å². The van der Waals surface area contributed by atoms with Crippen molar-refractivity contribution in [1.29, 1.82) is 0 Å². The molecule has 29 heavy (non-hydrogen) atoms. The maximum atomic E-state index is 12.6. The van der Waals surface area contributed by atoms with E-state index in [9.17, 15) is 13.2 Å². The number of nitrogens with one attached hydrogen (secondary N) is 1. The fourth-order valence-corrected chi connectivity index (χ4v) is 3.91. The number of hydrogen-bond acceptors (Lipinski definition) is 3. The first-order valence-electron chi connectivity index (χ1n) is 9.28. The molecule has 1 atom stereocenters. The van der Waals surface area contributed by atoms with E-state index in [1.54, 1.807) is 12.1 Å². The molecule has 3 aromatic rings. The molecule has 0 aromatic heterocycles. The first-order valence-corrected chi connectivity index (χ1v) is 10.7. The number of carbonyl (C=O) groups is 1. The molecule has 150 valence electrons. The summed E-state index contributed by atoms with van der Waals surface area (Å²) >= 11 is 0. The summed E-state index contributed by atoms with van der Waals surface area (Å²) in [6, 6.07) is 23.9. The molecule has 0 spiro atoms. The van der Waals surface area contributed by atoms with Crippen LogP contribution in [0.4, 0.5) is 0 Å². The second kappa shape index (κ2) is 8.59. The first-order chi connectivity index (χ1) is 13.8.